The molecule has 4 aromatic rings. The summed E-state index contributed by atoms with van der Waals surface area (Å²) in [7, 11) is 0. The molecule has 0 saturated carbocycles. The van der Waals surface area contributed by atoms with Crippen LogP contribution in [-0.2, 0) is 17.4 Å². The maximum absolute atomic E-state index is 12.6. The van der Waals surface area contributed by atoms with E-state index in [0.29, 0.717) is 5.69 Å². The number of aromatic nitrogens is 3. The zero-order valence-electron chi connectivity index (χ0n) is 15.0. The Morgan fingerprint density at radius 2 is 1.69 bits per heavy atom. The van der Waals surface area contributed by atoms with Gasteiger partial charge in [0.1, 0.15) is 6.33 Å². The van der Waals surface area contributed by atoms with Gasteiger partial charge in [-0.2, -0.15) is 18.3 Å². The lowest BCUT2D eigenvalue weighted by Crippen LogP contribution is -2.14. The molecule has 8 heteroatoms. The predicted octanol–water partition coefficient (Wildman–Crippen LogP) is 4.60. The van der Waals surface area contributed by atoms with Gasteiger partial charge in [-0.05, 0) is 53.1 Å². The van der Waals surface area contributed by atoms with E-state index in [0.717, 1.165) is 34.5 Å². The average Bonchev–Trinajstić information content (AvgIpc) is 3.16. The first-order valence-corrected chi connectivity index (χ1v) is 8.74. The summed E-state index contributed by atoms with van der Waals surface area (Å²) in [6.07, 6.45) is -0.978. The number of rotatable bonds is 4. The van der Waals surface area contributed by atoms with Crippen LogP contribution in [0.4, 0.5) is 18.9 Å². The van der Waals surface area contributed by atoms with Gasteiger partial charge in [0.2, 0.25) is 5.91 Å². The van der Waals surface area contributed by atoms with Crippen molar-refractivity contribution in [3.8, 4) is 11.1 Å². The standard InChI is InChI=1S/C21H15F3N4O/c22-21(23,24)17-5-7-18(8-6-17)27-20(29)11-14-1-3-15(4-2-14)16-9-10-28-19(12-16)25-13-26-28/h1-10,12-13H,11H2,(H,27,29). The van der Waals surface area contributed by atoms with Crippen LogP contribution in [0.5, 0.6) is 0 Å². The SMILES string of the molecule is O=C(Cc1ccc(-c2ccn3ncnc3c2)cc1)Nc1ccc(C(F)(F)F)cc1. The lowest BCUT2D eigenvalue weighted by atomic mass is 10.0. The molecule has 2 aromatic carbocycles. The van der Waals surface area contributed by atoms with E-state index in [-0.39, 0.29) is 12.3 Å². The molecular formula is C21H15F3N4O. The van der Waals surface area contributed by atoms with Crippen molar-refractivity contribution < 1.29 is 18.0 Å². The van der Waals surface area contributed by atoms with Gasteiger partial charge in [-0.25, -0.2) is 9.50 Å². The fourth-order valence-electron chi connectivity index (χ4n) is 2.94. The van der Waals surface area contributed by atoms with Crippen molar-refractivity contribution >= 4 is 17.2 Å². The van der Waals surface area contributed by atoms with Crippen LogP contribution in [-0.4, -0.2) is 20.5 Å². The quantitative estimate of drug-likeness (QED) is 0.549. The minimum atomic E-state index is -4.40. The molecule has 0 bridgehead atoms. The number of carbonyl (C=O) groups is 1. The summed E-state index contributed by atoms with van der Waals surface area (Å²) in [5.74, 6) is -0.303. The normalized spacial score (nSPS) is 11.6. The number of hydrogen-bond acceptors (Lipinski definition) is 3. The van der Waals surface area contributed by atoms with Crippen LogP contribution < -0.4 is 5.32 Å². The van der Waals surface area contributed by atoms with Crippen molar-refractivity contribution in [1.82, 2.24) is 14.6 Å². The van der Waals surface area contributed by atoms with Gasteiger partial charge in [0.25, 0.3) is 0 Å². The number of benzene rings is 2. The zero-order valence-corrected chi connectivity index (χ0v) is 15.0. The van der Waals surface area contributed by atoms with Gasteiger partial charge in [-0.15, -0.1) is 0 Å². The van der Waals surface area contributed by atoms with Gasteiger partial charge in [0.05, 0.1) is 12.0 Å². The highest BCUT2D eigenvalue weighted by molar-refractivity contribution is 5.92. The highest BCUT2D eigenvalue weighted by Gasteiger charge is 2.29. The van der Waals surface area contributed by atoms with Crippen molar-refractivity contribution in [2.75, 3.05) is 5.32 Å². The lowest BCUT2D eigenvalue weighted by molar-refractivity contribution is -0.137. The molecule has 0 aliphatic carbocycles. The van der Waals surface area contributed by atoms with Gasteiger partial charge in [0, 0.05) is 11.9 Å². The molecule has 1 N–H and O–H groups in total. The first-order chi connectivity index (χ1) is 13.9. The minimum Gasteiger partial charge on any atom is -0.326 e. The van der Waals surface area contributed by atoms with Crippen molar-refractivity contribution in [2.24, 2.45) is 0 Å². The van der Waals surface area contributed by atoms with Crippen molar-refractivity contribution in [2.45, 2.75) is 12.6 Å². The Hall–Kier alpha value is -3.68. The molecule has 0 unspecified atom stereocenters. The van der Waals surface area contributed by atoms with Gasteiger partial charge < -0.3 is 5.32 Å². The second-order valence-electron chi connectivity index (χ2n) is 6.48. The summed E-state index contributed by atoms with van der Waals surface area (Å²) in [5.41, 5.74) is 3.05. The Kier molecular flexibility index (Phi) is 4.75. The van der Waals surface area contributed by atoms with Crippen LogP contribution in [0.3, 0.4) is 0 Å². The second kappa shape index (κ2) is 7.38. The topological polar surface area (TPSA) is 59.3 Å². The van der Waals surface area contributed by atoms with E-state index in [1.165, 1.54) is 18.5 Å². The molecule has 0 saturated heterocycles. The minimum absolute atomic E-state index is 0.116. The molecule has 0 atom stereocenters. The highest BCUT2D eigenvalue weighted by atomic mass is 19.4. The van der Waals surface area contributed by atoms with E-state index >= 15 is 0 Å². The zero-order chi connectivity index (χ0) is 20.4. The molecule has 2 aromatic heterocycles. The van der Waals surface area contributed by atoms with Crippen LogP contribution in [0.1, 0.15) is 11.1 Å². The Morgan fingerprint density at radius 1 is 0.966 bits per heavy atom. The van der Waals surface area contributed by atoms with Gasteiger partial charge in [0.15, 0.2) is 5.65 Å². The van der Waals surface area contributed by atoms with Gasteiger partial charge >= 0.3 is 6.18 Å². The van der Waals surface area contributed by atoms with E-state index in [1.807, 2.05) is 42.6 Å². The monoisotopic (exact) mass is 396 g/mol. The Morgan fingerprint density at radius 3 is 2.38 bits per heavy atom. The third-order valence-corrected chi connectivity index (χ3v) is 4.43. The van der Waals surface area contributed by atoms with Crippen LogP contribution in [0.25, 0.3) is 16.8 Å². The second-order valence-corrected chi connectivity index (χ2v) is 6.48. The first-order valence-electron chi connectivity index (χ1n) is 8.74. The van der Waals surface area contributed by atoms with Crippen molar-refractivity contribution in [3.05, 3.63) is 84.3 Å². The number of carbonyl (C=O) groups excluding carboxylic acids is 1. The summed E-state index contributed by atoms with van der Waals surface area (Å²) >= 11 is 0. The fourth-order valence-corrected chi connectivity index (χ4v) is 2.94. The number of halogens is 3. The molecule has 29 heavy (non-hydrogen) atoms. The highest BCUT2D eigenvalue weighted by Crippen LogP contribution is 2.29. The molecular weight excluding hydrogens is 381 g/mol. The summed E-state index contributed by atoms with van der Waals surface area (Å²) < 4.78 is 39.4. The summed E-state index contributed by atoms with van der Waals surface area (Å²) in [5, 5.41) is 6.67. The summed E-state index contributed by atoms with van der Waals surface area (Å²) in [6, 6.07) is 15.7. The van der Waals surface area contributed by atoms with Crippen molar-refractivity contribution in [1.29, 1.82) is 0 Å². The number of nitrogens with zero attached hydrogens (tertiary/aromatic N) is 3. The summed E-state index contributed by atoms with van der Waals surface area (Å²) in [6.45, 7) is 0. The average molecular weight is 396 g/mol. The Bertz CT molecular complexity index is 1150. The number of alkyl halides is 3. The Labute approximate surface area is 163 Å². The van der Waals surface area contributed by atoms with Crippen LogP contribution >= 0.6 is 0 Å². The van der Waals surface area contributed by atoms with Gasteiger partial charge in [-0.1, -0.05) is 24.3 Å². The molecule has 5 nitrogen and oxygen atoms in total. The van der Waals surface area contributed by atoms with E-state index < -0.39 is 11.7 Å². The lowest BCUT2D eigenvalue weighted by Gasteiger charge is -2.09. The number of amides is 1. The molecule has 0 fully saturated rings. The van der Waals surface area contributed by atoms with E-state index in [2.05, 4.69) is 15.4 Å². The molecule has 0 aliphatic heterocycles. The maximum atomic E-state index is 12.6. The number of nitrogens with one attached hydrogen (secondary N) is 1. The molecule has 1 amide bonds. The summed E-state index contributed by atoms with van der Waals surface area (Å²) in [4.78, 5) is 16.3. The fraction of sp³-hybridized carbons (Fsp3) is 0.0952. The van der Waals surface area contributed by atoms with Crippen LogP contribution in [0.2, 0.25) is 0 Å². The number of pyridine rings is 1. The smallest absolute Gasteiger partial charge is 0.326 e. The van der Waals surface area contributed by atoms with Crippen LogP contribution in [0, 0.1) is 0 Å². The third kappa shape index (κ3) is 4.26. The predicted molar refractivity (Wildman–Crippen MR) is 102 cm³/mol. The molecule has 0 radical (unpaired) electrons. The van der Waals surface area contributed by atoms with E-state index in [9.17, 15) is 18.0 Å². The first kappa shape index (κ1) is 18.7. The molecule has 2 heterocycles. The van der Waals surface area contributed by atoms with Crippen LogP contribution in [0.15, 0.2) is 73.2 Å². The van der Waals surface area contributed by atoms with E-state index in [4.69, 9.17) is 0 Å². The Balaban J connectivity index is 1.41. The third-order valence-electron chi connectivity index (χ3n) is 4.43. The van der Waals surface area contributed by atoms with Gasteiger partial charge in [-0.3, -0.25) is 4.79 Å². The molecule has 0 spiro atoms. The molecule has 0 aliphatic rings. The number of fused-ring (bicyclic) bond motifs is 1. The number of hydrogen-bond donors (Lipinski definition) is 1. The van der Waals surface area contributed by atoms with Crippen molar-refractivity contribution in [3.63, 3.8) is 0 Å². The largest absolute Gasteiger partial charge is 0.416 e. The number of anilines is 1. The molecule has 4 rings (SSSR count). The van der Waals surface area contributed by atoms with E-state index in [1.54, 1.807) is 4.52 Å². The molecule has 146 valence electrons. The maximum Gasteiger partial charge on any atom is 0.416 e.